The summed E-state index contributed by atoms with van der Waals surface area (Å²) >= 11 is 0. The third-order valence-electron chi connectivity index (χ3n) is 6.19. The van der Waals surface area contributed by atoms with Gasteiger partial charge in [-0.2, -0.15) is 0 Å². The number of nitrogens with zero attached hydrogens (tertiary/aromatic N) is 2. The number of fused-ring (bicyclic) bond motifs is 2. The molecule has 1 aliphatic carbocycles. The largest absolute Gasteiger partial charge is 0.495 e. The Hall–Kier alpha value is -3.45. The maximum atomic E-state index is 9.30. The van der Waals surface area contributed by atoms with Crippen LogP contribution in [0, 0.1) is 5.92 Å². The first-order valence-corrected chi connectivity index (χ1v) is 11.0. The number of methoxy groups -OCH3 is 1. The fourth-order valence-electron chi connectivity index (χ4n) is 4.55. The van der Waals surface area contributed by atoms with Gasteiger partial charge in [0.15, 0.2) is 0 Å². The van der Waals surface area contributed by atoms with E-state index < -0.39 is 0 Å². The van der Waals surface area contributed by atoms with Crippen LogP contribution < -0.4 is 20.3 Å². The third-order valence-corrected chi connectivity index (χ3v) is 6.19. The van der Waals surface area contributed by atoms with Crippen molar-refractivity contribution in [1.29, 1.82) is 0 Å². The van der Waals surface area contributed by atoms with Crippen molar-refractivity contribution < 1.29 is 14.6 Å². The molecule has 5 rings (SSSR count). The highest BCUT2D eigenvalue weighted by atomic mass is 16.5. The van der Waals surface area contributed by atoms with Gasteiger partial charge >= 0.3 is 0 Å². The maximum Gasteiger partial charge on any atom is 0.144 e. The molecule has 0 saturated heterocycles. The molecule has 7 nitrogen and oxygen atoms in total. The normalized spacial score (nSPS) is 19.0. The Morgan fingerprint density at radius 3 is 3.06 bits per heavy atom. The first-order chi connectivity index (χ1) is 15.7. The Balaban J connectivity index is 1.26. The van der Waals surface area contributed by atoms with Crippen LogP contribution in [0.1, 0.15) is 18.5 Å². The summed E-state index contributed by atoms with van der Waals surface area (Å²) in [6, 6.07) is 9.94. The molecule has 32 heavy (non-hydrogen) atoms. The molecule has 1 unspecified atom stereocenters. The Morgan fingerprint density at radius 2 is 2.19 bits per heavy atom. The van der Waals surface area contributed by atoms with Gasteiger partial charge in [0, 0.05) is 42.3 Å². The second kappa shape index (κ2) is 8.96. The molecule has 1 aromatic heterocycles. The molecular formula is C25H28N4O3. The van der Waals surface area contributed by atoms with E-state index in [4.69, 9.17) is 9.47 Å². The molecule has 3 N–H and O–H groups in total. The number of hydrogen-bond donors (Lipinski definition) is 3. The quantitative estimate of drug-likeness (QED) is 0.614. The van der Waals surface area contributed by atoms with E-state index in [-0.39, 0.29) is 6.61 Å². The van der Waals surface area contributed by atoms with Crippen molar-refractivity contribution in [3.8, 4) is 5.75 Å². The number of pyridine rings is 1. The molecule has 0 fully saturated rings. The number of anilines is 3. The minimum Gasteiger partial charge on any atom is -0.495 e. The number of ether oxygens (including phenoxy) is 2. The van der Waals surface area contributed by atoms with E-state index in [0.717, 1.165) is 54.5 Å². The molecule has 1 aromatic carbocycles. The van der Waals surface area contributed by atoms with Crippen LogP contribution in [0.25, 0.3) is 0 Å². The smallest absolute Gasteiger partial charge is 0.144 e. The van der Waals surface area contributed by atoms with Crippen molar-refractivity contribution >= 4 is 17.1 Å². The van der Waals surface area contributed by atoms with Crippen molar-refractivity contribution in [2.75, 3.05) is 37.0 Å². The van der Waals surface area contributed by atoms with Crippen LogP contribution in [-0.2, 0) is 11.3 Å². The van der Waals surface area contributed by atoms with Crippen LogP contribution >= 0.6 is 0 Å². The predicted molar refractivity (Wildman–Crippen MR) is 125 cm³/mol. The predicted octanol–water partition coefficient (Wildman–Crippen LogP) is 3.83. The fraction of sp³-hybridized carbons (Fsp3) is 0.320. The number of rotatable bonds is 7. The van der Waals surface area contributed by atoms with Crippen LogP contribution in [-0.4, -0.2) is 36.9 Å². The zero-order valence-corrected chi connectivity index (χ0v) is 18.2. The lowest BCUT2D eigenvalue weighted by Crippen LogP contribution is -2.33. The molecule has 0 amide bonds. The van der Waals surface area contributed by atoms with Gasteiger partial charge < -0.3 is 30.1 Å². The van der Waals surface area contributed by atoms with E-state index in [0.29, 0.717) is 18.2 Å². The van der Waals surface area contributed by atoms with Crippen LogP contribution in [0.3, 0.4) is 0 Å². The van der Waals surface area contributed by atoms with Crippen molar-refractivity contribution in [2.45, 2.75) is 19.4 Å². The summed E-state index contributed by atoms with van der Waals surface area (Å²) < 4.78 is 11.5. The molecule has 1 atom stereocenters. The van der Waals surface area contributed by atoms with Gasteiger partial charge in [0.25, 0.3) is 0 Å². The molecule has 2 aliphatic heterocycles. The average molecular weight is 433 g/mol. The highest BCUT2D eigenvalue weighted by molar-refractivity contribution is 5.69. The van der Waals surface area contributed by atoms with E-state index in [9.17, 15) is 5.11 Å². The molecule has 3 aliphatic rings. The Kier molecular flexibility index (Phi) is 5.73. The van der Waals surface area contributed by atoms with Gasteiger partial charge in [0.05, 0.1) is 37.3 Å². The zero-order valence-electron chi connectivity index (χ0n) is 18.2. The molecule has 2 aromatic rings. The van der Waals surface area contributed by atoms with Crippen molar-refractivity contribution in [1.82, 2.24) is 10.3 Å². The van der Waals surface area contributed by atoms with E-state index >= 15 is 0 Å². The van der Waals surface area contributed by atoms with Crippen LogP contribution in [0.5, 0.6) is 5.75 Å². The topological polar surface area (TPSA) is 78.9 Å². The minimum atomic E-state index is -0.0784. The first kappa shape index (κ1) is 20.5. The fourth-order valence-corrected chi connectivity index (χ4v) is 4.55. The van der Waals surface area contributed by atoms with Gasteiger partial charge in [0.1, 0.15) is 18.1 Å². The van der Waals surface area contributed by atoms with Gasteiger partial charge in [-0.15, -0.1) is 0 Å². The second-order valence-corrected chi connectivity index (χ2v) is 8.12. The lowest BCUT2D eigenvalue weighted by molar-refractivity contribution is 0.277. The number of benzene rings is 1. The summed E-state index contributed by atoms with van der Waals surface area (Å²) in [4.78, 5) is 6.52. The highest BCUT2D eigenvalue weighted by Gasteiger charge is 2.29. The first-order valence-electron chi connectivity index (χ1n) is 11.0. The Bertz CT molecular complexity index is 1090. The van der Waals surface area contributed by atoms with Gasteiger partial charge in [-0.05, 0) is 48.8 Å². The molecule has 7 heteroatoms. The van der Waals surface area contributed by atoms with E-state index in [1.54, 1.807) is 13.3 Å². The SMILES string of the molecule is COC1=C2NC=C(CCN3CCOc4cc(Nc5ccnc(CO)c5)ccc43)C2CC=C1. The summed E-state index contributed by atoms with van der Waals surface area (Å²) in [6.45, 7) is 2.41. The standard InChI is InChI=1S/C25H28N4O3/c1-31-23-4-2-3-21-17(15-27-25(21)23)8-10-29-11-12-32-24-14-18(5-6-22(24)29)28-19-7-9-26-20(13-19)16-30/h2,4-7,9,13-15,21,27,30H,3,8,10-12,16H2,1H3,(H,26,28). The monoisotopic (exact) mass is 432 g/mol. The molecule has 166 valence electrons. The molecule has 0 bridgehead atoms. The molecule has 0 spiro atoms. The molecule has 3 heterocycles. The number of aliphatic hydroxyl groups excluding tert-OH is 1. The number of hydrogen-bond acceptors (Lipinski definition) is 7. The third kappa shape index (κ3) is 4.03. The van der Waals surface area contributed by atoms with Gasteiger partial charge in [-0.25, -0.2) is 0 Å². The number of nitrogens with one attached hydrogen (secondary N) is 2. The maximum absolute atomic E-state index is 9.30. The lowest BCUT2D eigenvalue weighted by Gasteiger charge is -2.32. The molecule has 0 radical (unpaired) electrons. The number of aromatic nitrogens is 1. The van der Waals surface area contributed by atoms with E-state index in [1.807, 2.05) is 18.2 Å². The van der Waals surface area contributed by atoms with Crippen LogP contribution in [0.15, 0.2) is 71.9 Å². The molecular weight excluding hydrogens is 404 g/mol. The second-order valence-electron chi connectivity index (χ2n) is 8.12. The summed E-state index contributed by atoms with van der Waals surface area (Å²) in [5.41, 5.74) is 6.19. The van der Waals surface area contributed by atoms with Gasteiger partial charge in [0.2, 0.25) is 0 Å². The summed E-state index contributed by atoms with van der Waals surface area (Å²) in [7, 11) is 1.72. The summed E-state index contributed by atoms with van der Waals surface area (Å²) in [5, 5.41) is 16.1. The van der Waals surface area contributed by atoms with E-state index in [1.165, 1.54) is 11.3 Å². The highest BCUT2D eigenvalue weighted by Crippen LogP contribution is 2.38. The summed E-state index contributed by atoms with van der Waals surface area (Å²) in [6.07, 6.45) is 10.1. The van der Waals surface area contributed by atoms with Crippen molar-refractivity contribution in [3.05, 3.63) is 77.6 Å². The number of allylic oxidation sites excluding steroid dienone is 3. The van der Waals surface area contributed by atoms with Crippen LogP contribution in [0.2, 0.25) is 0 Å². The summed E-state index contributed by atoms with van der Waals surface area (Å²) in [5.74, 6) is 2.22. The molecule has 0 saturated carbocycles. The van der Waals surface area contributed by atoms with Crippen molar-refractivity contribution in [2.24, 2.45) is 5.92 Å². The zero-order chi connectivity index (χ0) is 21.9. The minimum absolute atomic E-state index is 0.0784. The Labute approximate surface area is 188 Å². The lowest BCUT2D eigenvalue weighted by atomic mass is 9.89. The van der Waals surface area contributed by atoms with Crippen molar-refractivity contribution in [3.63, 3.8) is 0 Å². The van der Waals surface area contributed by atoms with Gasteiger partial charge in [-0.1, -0.05) is 6.08 Å². The average Bonchev–Trinajstić information content (AvgIpc) is 3.26. The van der Waals surface area contributed by atoms with Crippen LogP contribution in [0.4, 0.5) is 17.1 Å². The Morgan fingerprint density at radius 1 is 1.28 bits per heavy atom. The number of aliphatic hydroxyl groups is 1. The van der Waals surface area contributed by atoms with E-state index in [2.05, 4.69) is 51.0 Å². The van der Waals surface area contributed by atoms with Gasteiger partial charge in [-0.3, -0.25) is 4.98 Å².